The van der Waals surface area contributed by atoms with Crippen molar-refractivity contribution in [1.29, 1.82) is 0 Å². The monoisotopic (exact) mass is 498 g/mol. The smallest absolute Gasteiger partial charge is 0.237 e. The number of carbonyl (C=O) groups is 1. The number of aromatic nitrogens is 3. The summed E-state index contributed by atoms with van der Waals surface area (Å²) in [6.07, 6.45) is 14.2. The van der Waals surface area contributed by atoms with Crippen LogP contribution in [0, 0.1) is 0 Å². The van der Waals surface area contributed by atoms with Gasteiger partial charge >= 0.3 is 0 Å². The highest BCUT2D eigenvalue weighted by Crippen LogP contribution is 2.30. The Hall–Kier alpha value is -4.44. The van der Waals surface area contributed by atoms with E-state index in [1.165, 1.54) is 12.6 Å². The molecule has 0 spiro atoms. The van der Waals surface area contributed by atoms with Crippen molar-refractivity contribution in [2.24, 2.45) is 0 Å². The van der Waals surface area contributed by atoms with Gasteiger partial charge in [0.05, 0.1) is 24.8 Å². The number of ether oxygens (including phenoxy) is 2. The van der Waals surface area contributed by atoms with Crippen LogP contribution < -0.4 is 5.73 Å². The third kappa shape index (κ3) is 4.96. The predicted octanol–water partition coefficient (Wildman–Crippen LogP) is 3.51. The van der Waals surface area contributed by atoms with E-state index in [9.17, 15) is 4.79 Å². The molecule has 188 valence electrons. The zero-order chi connectivity index (χ0) is 25.2. The van der Waals surface area contributed by atoms with E-state index in [0.717, 1.165) is 34.9 Å². The number of hydrogen-bond donors (Lipinski definition) is 1. The summed E-state index contributed by atoms with van der Waals surface area (Å²) in [6.45, 7) is 2.55. The second-order valence-electron chi connectivity index (χ2n) is 9.12. The fraction of sp³-hybridized carbons (Fsp3) is 0.259. The number of oxazole rings is 1. The number of hydrogen-bond acceptors (Lipinski definition) is 9. The van der Waals surface area contributed by atoms with Crippen LogP contribution in [0.3, 0.4) is 0 Å². The molecular formula is C27H26N6O4. The van der Waals surface area contributed by atoms with Gasteiger partial charge in [0.2, 0.25) is 17.6 Å². The van der Waals surface area contributed by atoms with E-state index >= 15 is 0 Å². The van der Waals surface area contributed by atoms with Crippen LogP contribution in [-0.2, 0) is 27.4 Å². The Bertz CT molecular complexity index is 1470. The first-order valence-corrected chi connectivity index (χ1v) is 12.2. The highest BCUT2D eigenvalue weighted by molar-refractivity contribution is 5.88. The average Bonchev–Trinajstić information content (AvgIpc) is 3.39. The quantitative estimate of drug-likeness (QED) is 0.544. The molecule has 0 atom stereocenters. The summed E-state index contributed by atoms with van der Waals surface area (Å²) in [5.74, 6) is 2.64. The van der Waals surface area contributed by atoms with Crippen molar-refractivity contribution in [3.63, 3.8) is 0 Å². The topological polar surface area (TPSA) is 120 Å². The lowest BCUT2D eigenvalue weighted by Gasteiger charge is -2.33. The molecule has 10 nitrogen and oxygen atoms in total. The molecule has 1 amide bonds. The van der Waals surface area contributed by atoms with Gasteiger partial charge in [0, 0.05) is 25.0 Å². The van der Waals surface area contributed by atoms with E-state index in [-0.39, 0.29) is 12.5 Å². The van der Waals surface area contributed by atoms with Crippen LogP contribution in [-0.4, -0.2) is 50.3 Å². The van der Waals surface area contributed by atoms with Gasteiger partial charge in [-0.3, -0.25) is 9.69 Å². The van der Waals surface area contributed by atoms with E-state index in [2.05, 4.69) is 21.0 Å². The molecule has 2 aliphatic heterocycles. The van der Waals surface area contributed by atoms with Crippen LogP contribution in [0.5, 0.6) is 0 Å². The van der Waals surface area contributed by atoms with Gasteiger partial charge in [0.15, 0.2) is 11.5 Å². The molecule has 1 fully saturated rings. The molecule has 37 heavy (non-hydrogen) atoms. The van der Waals surface area contributed by atoms with Gasteiger partial charge in [0.25, 0.3) is 0 Å². The summed E-state index contributed by atoms with van der Waals surface area (Å²) in [6, 6.07) is 5.82. The number of nitrogen functional groups attached to an aromatic ring is 1. The largest absolute Gasteiger partial charge is 0.465 e. The van der Waals surface area contributed by atoms with Crippen molar-refractivity contribution >= 4 is 28.4 Å². The fourth-order valence-electron chi connectivity index (χ4n) is 4.57. The zero-order valence-corrected chi connectivity index (χ0v) is 20.2. The molecule has 0 saturated carbocycles. The minimum atomic E-state index is 0.0524. The lowest BCUT2D eigenvalue weighted by Crippen LogP contribution is -2.49. The SMILES string of the molecule is Nc1ncnc2cc(CN3CCN(Cc4ncc(C5=COC=C(C6=CC=CCC6)O5)o4)CC3=O)ccc12. The summed E-state index contributed by atoms with van der Waals surface area (Å²) in [5.41, 5.74) is 8.76. The number of benzene rings is 1. The maximum absolute atomic E-state index is 12.9. The Morgan fingerprint density at radius 1 is 1.05 bits per heavy atom. The molecule has 3 aliphatic rings. The van der Waals surface area contributed by atoms with Crippen molar-refractivity contribution in [2.75, 3.05) is 25.4 Å². The normalized spacial score (nSPS) is 18.2. The van der Waals surface area contributed by atoms with Gasteiger partial charge in [-0.05, 0) is 36.1 Å². The van der Waals surface area contributed by atoms with Gasteiger partial charge < -0.3 is 24.5 Å². The first-order valence-electron chi connectivity index (χ1n) is 12.2. The number of fused-ring (bicyclic) bond motifs is 1. The van der Waals surface area contributed by atoms with Crippen LogP contribution >= 0.6 is 0 Å². The minimum absolute atomic E-state index is 0.0524. The maximum Gasteiger partial charge on any atom is 0.237 e. The highest BCUT2D eigenvalue weighted by atomic mass is 16.6. The Morgan fingerprint density at radius 2 is 1.97 bits per heavy atom. The third-order valence-corrected chi connectivity index (χ3v) is 6.56. The molecular weight excluding hydrogens is 472 g/mol. The first kappa shape index (κ1) is 23.0. The van der Waals surface area contributed by atoms with Crippen molar-refractivity contribution < 1.29 is 18.7 Å². The highest BCUT2D eigenvalue weighted by Gasteiger charge is 2.26. The molecule has 0 radical (unpaired) electrons. The van der Waals surface area contributed by atoms with Crippen molar-refractivity contribution in [3.05, 3.63) is 90.0 Å². The number of anilines is 1. The summed E-state index contributed by atoms with van der Waals surface area (Å²) in [5, 5.41) is 0.809. The Morgan fingerprint density at radius 3 is 2.84 bits per heavy atom. The number of carbonyl (C=O) groups excluding carboxylic acids is 1. The van der Waals surface area contributed by atoms with Gasteiger partial charge in [-0.25, -0.2) is 15.0 Å². The fourth-order valence-corrected chi connectivity index (χ4v) is 4.57. The van der Waals surface area contributed by atoms with E-state index < -0.39 is 0 Å². The van der Waals surface area contributed by atoms with E-state index in [4.69, 9.17) is 19.6 Å². The molecule has 1 aromatic carbocycles. The molecule has 2 aromatic heterocycles. The second-order valence-corrected chi connectivity index (χ2v) is 9.12. The van der Waals surface area contributed by atoms with Crippen molar-refractivity contribution in [1.82, 2.24) is 24.8 Å². The number of amides is 1. The standard InChI is InChI=1S/C27H26N6O4/c28-27-20-7-6-18(10-21(20)30-17-31-27)12-33-9-8-32(14-26(33)34)13-25-29-11-22(37-25)24-16-35-15-23(36-24)19-4-2-1-3-5-19/h1-2,4,6-7,10-11,15-17H,3,5,8-9,12-14H2,(H2,28,30,31). The predicted molar refractivity (Wildman–Crippen MR) is 136 cm³/mol. The molecule has 0 bridgehead atoms. The van der Waals surface area contributed by atoms with Crippen molar-refractivity contribution in [3.8, 4) is 0 Å². The Kier molecular flexibility index (Phi) is 6.15. The van der Waals surface area contributed by atoms with Gasteiger partial charge in [-0.1, -0.05) is 24.3 Å². The summed E-state index contributed by atoms with van der Waals surface area (Å²) >= 11 is 0. The van der Waals surface area contributed by atoms with Crippen LogP contribution in [0.4, 0.5) is 5.82 Å². The van der Waals surface area contributed by atoms with E-state index in [1.54, 1.807) is 12.5 Å². The third-order valence-electron chi connectivity index (χ3n) is 6.56. The number of allylic oxidation sites excluding steroid dienone is 4. The molecule has 0 unspecified atom stereocenters. The number of nitrogens with zero attached hydrogens (tertiary/aromatic N) is 5. The van der Waals surface area contributed by atoms with Crippen LogP contribution in [0.25, 0.3) is 16.7 Å². The first-order chi connectivity index (χ1) is 18.1. The molecule has 6 rings (SSSR count). The van der Waals surface area contributed by atoms with Crippen LogP contribution in [0.15, 0.2) is 77.2 Å². The van der Waals surface area contributed by atoms with Crippen LogP contribution in [0.1, 0.15) is 30.1 Å². The Labute approximate surface area is 213 Å². The zero-order valence-electron chi connectivity index (χ0n) is 20.2. The van der Waals surface area contributed by atoms with Gasteiger partial charge in [-0.2, -0.15) is 0 Å². The van der Waals surface area contributed by atoms with Crippen molar-refractivity contribution in [2.45, 2.75) is 25.9 Å². The lowest BCUT2D eigenvalue weighted by molar-refractivity contribution is -0.137. The van der Waals surface area contributed by atoms with Crippen LogP contribution in [0.2, 0.25) is 0 Å². The second kappa shape index (κ2) is 9.90. The lowest BCUT2D eigenvalue weighted by atomic mass is 10.0. The summed E-state index contributed by atoms with van der Waals surface area (Å²) in [7, 11) is 0. The molecule has 10 heteroatoms. The van der Waals surface area contributed by atoms with E-state index in [0.29, 0.717) is 55.2 Å². The van der Waals surface area contributed by atoms with Gasteiger partial charge in [0.1, 0.15) is 24.7 Å². The molecule has 3 aromatic rings. The molecule has 1 aliphatic carbocycles. The molecule has 4 heterocycles. The number of nitrogens with two attached hydrogens (primary N) is 1. The summed E-state index contributed by atoms with van der Waals surface area (Å²) in [4.78, 5) is 29.5. The average molecular weight is 499 g/mol. The minimum Gasteiger partial charge on any atom is -0.465 e. The van der Waals surface area contributed by atoms with E-state index in [1.807, 2.05) is 40.2 Å². The molecule has 2 N–H and O–H groups in total. The Balaban J connectivity index is 1.05. The molecule has 1 saturated heterocycles. The van der Waals surface area contributed by atoms with Gasteiger partial charge in [-0.15, -0.1) is 0 Å². The summed E-state index contributed by atoms with van der Waals surface area (Å²) < 4.78 is 17.4. The maximum atomic E-state index is 12.9. The number of rotatable bonds is 6. The number of piperazine rings is 1.